The lowest BCUT2D eigenvalue weighted by Crippen LogP contribution is -2.26. The number of nitriles is 1. The predicted molar refractivity (Wildman–Crippen MR) is 73.9 cm³/mol. The highest BCUT2D eigenvalue weighted by Crippen LogP contribution is 2.28. The molecule has 0 unspecified atom stereocenters. The minimum atomic E-state index is -3.78. The summed E-state index contributed by atoms with van der Waals surface area (Å²) in [5, 5.41) is 10.8. The molecule has 5 nitrogen and oxygen atoms in total. The van der Waals surface area contributed by atoms with Gasteiger partial charge in [0.2, 0.25) is 0 Å². The van der Waals surface area contributed by atoms with E-state index in [9.17, 15) is 8.42 Å². The molecule has 1 heterocycles. The van der Waals surface area contributed by atoms with Crippen LogP contribution in [0.2, 0.25) is 5.02 Å². The number of nitrogens with zero attached hydrogens (tertiary/aromatic N) is 3. The Balaban J connectivity index is 2.49. The van der Waals surface area contributed by atoms with Crippen LogP contribution >= 0.6 is 22.9 Å². The number of aromatic nitrogens is 1. The zero-order valence-corrected chi connectivity index (χ0v) is 12.1. The topological polar surface area (TPSA) is 74.1 Å². The van der Waals surface area contributed by atoms with Gasteiger partial charge in [-0.2, -0.15) is 5.26 Å². The van der Waals surface area contributed by atoms with Gasteiger partial charge in [-0.15, -0.1) is 11.3 Å². The zero-order chi connectivity index (χ0) is 14.0. The van der Waals surface area contributed by atoms with Crippen molar-refractivity contribution in [2.45, 2.75) is 4.90 Å². The minimum absolute atomic E-state index is 0.0162. The van der Waals surface area contributed by atoms with Crippen molar-refractivity contribution in [2.75, 3.05) is 11.4 Å². The van der Waals surface area contributed by atoms with Crippen molar-refractivity contribution >= 4 is 38.1 Å². The van der Waals surface area contributed by atoms with Crippen LogP contribution in [0.25, 0.3) is 0 Å². The van der Waals surface area contributed by atoms with Gasteiger partial charge in [-0.25, -0.2) is 17.7 Å². The van der Waals surface area contributed by atoms with Crippen molar-refractivity contribution in [3.05, 3.63) is 40.4 Å². The summed E-state index contributed by atoms with van der Waals surface area (Å²) in [5.74, 6) is 0. The smallest absolute Gasteiger partial charge is 0.244 e. The Kier molecular flexibility index (Phi) is 3.75. The van der Waals surface area contributed by atoms with Gasteiger partial charge in [0.1, 0.15) is 4.90 Å². The summed E-state index contributed by atoms with van der Waals surface area (Å²) in [5.41, 5.74) is 0.306. The summed E-state index contributed by atoms with van der Waals surface area (Å²) in [6.45, 7) is 0. The van der Waals surface area contributed by atoms with Crippen LogP contribution in [0.5, 0.6) is 0 Å². The number of anilines is 1. The van der Waals surface area contributed by atoms with Crippen molar-refractivity contribution in [3.8, 4) is 6.07 Å². The minimum Gasteiger partial charge on any atom is -0.244 e. The van der Waals surface area contributed by atoms with Gasteiger partial charge in [-0.3, -0.25) is 0 Å². The van der Waals surface area contributed by atoms with Crippen LogP contribution < -0.4 is 4.31 Å². The quantitative estimate of drug-likeness (QED) is 0.872. The maximum atomic E-state index is 12.4. The van der Waals surface area contributed by atoms with E-state index in [2.05, 4.69) is 4.98 Å². The van der Waals surface area contributed by atoms with Gasteiger partial charge in [-0.05, 0) is 18.2 Å². The highest BCUT2D eigenvalue weighted by atomic mass is 35.5. The Labute approximate surface area is 119 Å². The van der Waals surface area contributed by atoms with Crippen LogP contribution in [0.4, 0.5) is 5.13 Å². The van der Waals surface area contributed by atoms with Crippen molar-refractivity contribution in [2.24, 2.45) is 0 Å². The van der Waals surface area contributed by atoms with E-state index in [1.54, 1.807) is 5.38 Å². The predicted octanol–water partition coefficient (Wildman–Crippen LogP) is 2.49. The third-order valence-electron chi connectivity index (χ3n) is 2.39. The Morgan fingerprint density at radius 2 is 2.21 bits per heavy atom. The van der Waals surface area contributed by atoms with Gasteiger partial charge in [0, 0.05) is 18.6 Å². The fourth-order valence-electron chi connectivity index (χ4n) is 1.40. The van der Waals surface area contributed by atoms with Gasteiger partial charge >= 0.3 is 0 Å². The molecule has 0 atom stereocenters. The maximum Gasteiger partial charge on any atom is 0.267 e. The van der Waals surface area contributed by atoms with Crippen LogP contribution in [0.15, 0.2) is 34.7 Å². The molecule has 1 aromatic heterocycles. The normalized spacial score (nSPS) is 11.0. The van der Waals surface area contributed by atoms with E-state index < -0.39 is 10.0 Å². The highest BCUT2D eigenvalue weighted by Gasteiger charge is 2.25. The van der Waals surface area contributed by atoms with Crippen molar-refractivity contribution in [1.82, 2.24) is 4.98 Å². The molecular formula is C11H8ClN3O2S2. The molecule has 2 rings (SSSR count). The summed E-state index contributed by atoms with van der Waals surface area (Å²) >= 11 is 7.13. The molecule has 0 aliphatic carbocycles. The summed E-state index contributed by atoms with van der Waals surface area (Å²) in [7, 11) is -2.37. The fraction of sp³-hybridized carbons (Fsp3) is 0.0909. The standard InChI is InChI=1S/C11H8ClN3O2S2/c1-15(11-14-4-5-18-11)19(16,17)10-3-2-8(7-13)6-9(10)12/h2-6H,1H3. The number of rotatable bonds is 3. The van der Waals surface area contributed by atoms with Crippen molar-refractivity contribution in [1.29, 1.82) is 5.26 Å². The Hall–Kier alpha value is -1.62. The number of sulfonamides is 1. The number of halogens is 1. The number of thiazole rings is 1. The maximum absolute atomic E-state index is 12.4. The second kappa shape index (κ2) is 5.17. The number of hydrogen-bond acceptors (Lipinski definition) is 5. The lowest BCUT2D eigenvalue weighted by molar-refractivity contribution is 0.594. The van der Waals surface area contributed by atoms with Crippen LogP contribution in [-0.2, 0) is 10.0 Å². The first-order valence-electron chi connectivity index (χ1n) is 5.05. The molecule has 0 bridgehead atoms. The average Bonchev–Trinajstić information content (AvgIpc) is 2.90. The van der Waals surface area contributed by atoms with E-state index in [1.807, 2.05) is 6.07 Å². The monoisotopic (exact) mass is 313 g/mol. The second-order valence-electron chi connectivity index (χ2n) is 3.54. The summed E-state index contributed by atoms with van der Waals surface area (Å²) in [6, 6.07) is 5.95. The van der Waals surface area contributed by atoms with Crippen LogP contribution in [0, 0.1) is 11.3 Å². The van der Waals surface area contributed by atoms with E-state index in [1.165, 1.54) is 42.8 Å². The molecule has 2 aromatic rings. The molecule has 0 N–H and O–H groups in total. The van der Waals surface area contributed by atoms with Crippen LogP contribution in [0.1, 0.15) is 5.56 Å². The Bertz CT molecular complexity index is 736. The fourth-order valence-corrected chi connectivity index (χ4v) is 3.90. The van der Waals surface area contributed by atoms with Gasteiger partial charge < -0.3 is 0 Å². The molecule has 0 radical (unpaired) electrons. The molecule has 98 valence electrons. The van der Waals surface area contributed by atoms with Crippen molar-refractivity contribution in [3.63, 3.8) is 0 Å². The van der Waals surface area contributed by atoms with E-state index in [0.29, 0.717) is 10.7 Å². The molecule has 0 aliphatic rings. The molecular weight excluding hydrogens is 306 g/mol. The lowest BCUT2D eigenvalue weighted by atomic mass is 10.2. The molecule has 0 aliphatic heterocycles. The Morgan fingerprint density at radius 3 is 2.74 bits per heavy atom. The molecule has 0 saturated carbocycles. The van der Waals surface area contributed by atoms with Crippen molar-refractivity contribution < 1.29 is 8.42 Å². The van der Waals surface area contributed by atoms with E-state index in [0.717, 1.165) is 4.31 Å². The first kappa shape index (κ1) is 13.8. The zero-order valence-electron chi connectivity index (χ0n) is 9.74. The molecule has 0 saturated heterocycles. The lowest BCUT2D eigenvalue weighted by Gasteiger charge is -2.17. The van der Waals surface area contributed by atoms with Crippen LogP contribution in [-0.4, -0.2) is 20.4 Å². The van der Waals surface area contributed by atoms with E-state index >= 15 is 0 Å². The summed E-state index contributed by atoms with van der Waals surface area (Å²) in [6.07, 6.45) is 1.52. The molecule has 0 amide bonds. The summed E-state index contributed by atoms with van der Waals surface area (Å²) < 4.78 is 25.8. The number of hydrogen-bond donors (Lipinski definition) is 0. The van der Waals surface area contributed by atoms with Gasteiger partial charge in [-0.1, -0.05) is 11.6 Å². The van der Waals surface area contributed by atoms with Gasteiger partial charge in [0.15, 0.2) is 5.13 Å². The molecule has 8 heteroatoms. The average molecular weight is 314 g/mol. The molecule has 19 heavy (non-hydrogen) atoms. The SMILES string of the molecule is CN(c1nccs1)S(=O)(=O)c1ccc(C#N)cc1Cl. The molecule has 1 aromatic carbocycles. The van der Waals surface area contributed by atoms with Crippen LogP contribution in [0.3, 0.4) is 0 Å². The first-order chi connectivity index (χ1) is 8.96. The van der Waals surface area contributed by atoms with Gasteiger partial charge in [0.05, 0.1) is 16.7 Å². The highest BCUT2D eigenvalue weighted by molar-refractivity contribution is 7.93. The third-order valence-corrected chi connectivity index (χ3v) is 5.58. The molecule has 0 spiro atoms. The van der Waals surface area contributed by atoms with E-state index in [4.69, 9.17) is 16.9 Å². The number of benzene rings is 1. The second-order valence-corrected chi connectivity index (χ2v) is 6.76. The third kappa shape index (κ3) is 2.56. The van der Waals surface area contributed by atoms with Gasteiger partial charge in [0.25, 0.3) is 10.0 Å². The molecule has 0 fully saturated rings. The largest absolute Gasteiger partial charge is 0.267 e. The summed E-state index contributed by atoms with van der Waals surface area (Å²) in [4.78, 5) is 3.89. The first-order valence-corrected chi connectivity index (χ1v) is 7.74. The van der Waals surface area contributed by atoms with E-state index in [-0.39, 0.29) is 9.92 Å². The Morgan fingerprint density at radius 1 is 1.47 bits per heavy atom.